The molecule has 1 saturated heterocycles. The van der Waals surface area contributed by atoms with E-state index in [1.807, 2.05) is 5.01 Å². The van der Waals surface area contributed by atoms with Crippen LogP contribution in [0.25, 0.3) is 0 Å². The van der Waals surface area contributed by atoms with Gasteiger partial charge in [-0.25, -0.2) is 20.0 Å². The highest BCUT2D eigenvalue weighted by atomic mass is 35.5. The lowest BCUT2D eigenvalue weighted by molar-refractivity contribution is 0.0895. The monoisotopic (exact) mass is 465 g/mol. The Morgan fingerprint density at radius 3 is 2.61 bits per heavy atom. The molecule has 0 aliphatic carbocycles. The molecular formula is C23H24ClN7O2. The zero-order chi connectivity index (χ0) is 23.2. The highest BCUT2D eigenvalue weighted by Crippen LogP contribution is 2.25. The molecule has 1 aliphatic heterocycles. The number of likely N-dealkylation sites (N-methyl/N-ethyl adjacent to an activating group) is 1. The molecule has 0 atom stereocenters. The standard InChI is InChI=1S/C23H24ClN7O2/c1-29-11-4-12-30(14-13-29)31(23(33)17-5-2-9-25-15-17)19-6-3-10-26-21(19)22(32)28-20-8-7-18(24)16-27-20/h2-3,5-10,15-16H,4,11-14H2,1H3,(H,27,28,32). The van der Waals surface area contributed by atoms with Crippen LogP contribution in [-0.2, 0) is 0 Å². The summed E-state index contributed by atoms with van der Waals surface area (Å²) in [5.41, 5.74) is 0.927. The van der Waals surface area contributed by atoms with E-state index in [1.165, 1.54) is 18.6 Å². The number of rotatable bonds is 5. The van der Waals surface area contributed by atoms with Crippen LogP contribution in [0.4, 0.5) is 11.5 Å². The number of anilines is 2. The molecule has 3 aromatic heterocycles. The lowest BCUT2D eigenvalue weighted by Gasteiger charge is -2.34. The van der Waals surface area contributed by atoms with Crippen LogP contribution in [0, 0.1) is 0 Å². The number of hydrogen-bond acceptors (Lipinski definition) is 7. The van der Waals surface area contributed by atoms with Crippen LogP contribution in [0.1, 0.15) is 27.3 Å². The van der Waals surface area contributed by atoms with Crippen LogP contribution in [0.2, 0.25) is 5.02 Å². The fourth-order valence-electron chi connectivity index (χ4n) is 3.60. The first-order valence-electron chi connectivity index (χ1n) is 10.6. The second-order valence-corrected chi connectivity index (χ2v) is 8.09. The quantitative estimate of drug-likeness (QED) is 0.619. The van der Waals surface area contributed by atoms with Crippen molar-refractivity contribution in [2.75, 3.05) is 43.6 Å². The van der Waals surface area contributed by atoms with Gasteiger partial charge in [-0.15, -0.1) is 0 Å². The van der Waals surface area contributed by atoms with Gasteiger partial charge in [0.25, 0.3) is 11.8 Å². The van der Waals surface area contributed by atoms with E-state index in [9.17, 15) is 9.59 Å². The topological polar surface area (TPSA) is 94.6 Å². The molecule has 1 N–H and O–H groups in total. The first kappa shape index (κ1) is 22.8. The number of carbonyl (C=O) groups excluding carboxylic acids is 2. The van der Waals surface area contributed by atoms with Gasteiger partial charge in [0.15, 0.2) is 5.69 Å². The van der Waals surface area contributed by atoms with E-state index < -0.39 is 5.91 Å². The predicted molar refractivity (Wildman–Crippen MR) is 126 cm³/mol. The van der Waals surface area contributed by atoms with Crippen molar-refractivity contribution in [3.8, 4) is 0 Å². The molecule has 0 saturated carbocycles. The van der Waals surface area contributed by atoms with E-state index in [0.29, 0.717) is 35.2 Å². The van der Waals surface area contributed by atoms with Gasteiger partial charge < -0.3 is 10.2 Å². The molecule has 0 spiro atoms. The van der Waals surface area contributed by atoms with Crippen molar-refractivity contribution in [3.05, 3.63) is 77.5 Å². The van der Waals surface area contributed by atoms with Gasteiger partial charge in [-0.2, -0.15) is 0 Å². The molecule has 10 heteroatoms. The second-order valence-electron chi connectivity index (χ2n) is 7.66. The van der Waals surface area contributed by atoms with Crippen LogP contribution in [0.3, 0.4) is 0 Å². The Morgan fingerprint density at radius 1 is 1.00 bits per heavy atom. The third-order valence-corrected chi connectivity index (χ3v) is 5.50. The van der Waals surface area contributed by atoms with Crippen molar-refractivity contribution in [3.63, 3.8) is 0 Å². The number of nitrogens with zero attached hydrogens (tertiary/aromatic N) is 6. The van der Waals surface area contributed by atoms with E-state index in [1.54, 1.807) is 47.6 Å². The van der Waals surface area contributed by atoms with Crippen LogP contribution >= 0.6 is 11.6 Å². The number of pyridine rings is 3. The number of amides is 2. The lowest BCUT2D eigenvalue weighted by atomic mass is 10.2. The Labute approximate surface area is 197 Å². The average Bonchev–Trinajstić information content (AvgIpc) is 3.06. The van der Waals surface area contributed by atoms with Crippen molar-refractivity contribution < 1.29 is 9.59 Å². The largest absolute Gasteiger partial charge is 0.305 e. The predicted octanol–water partition coefficient (Wildman–Crippen LogP) is 2.98. The maximum atomic E-state index is 13.7. The number of carbonyl (C=O) groups is 2. The molecule has 33 heavy (non-hydrogen) atoms. The van der Waals surface area contributed by atoms with Gasteiger partial charge in [-0.3, -0.25) is 14.6 Å². The van der Waals surface area contributed by atoms with E-state index in [4.69, 9.17) is 11.6 Å². The molecule has 0 aromatic carbocycles. The Bertz CT molecular complexity index is 1110. The third-order valence-electron chi connectivity index (χ3n) is 5.28. The number of aromatic nitrogens is 3. The summed E-state index contributed by atoms with van der Waals surface area (Å²) in [6, 6.07) is 10.1. The number of halogens is 1. The van der Waals surface area contributed by atoms with E-state index in [0.717, 1.165) is 19.5 Å². The third kappa shape index (κ3) is 5.51. The zero-order valence-electron chi connectivity index (χ0n) is 18.2. The Morgan fingerprint density at radius 2 is 1.85 bits per heavy atom. The van der Waals surface area contributed by atoms with Gasteiger partial charge in [0.05, 0.1) is 16.3 Å². The summed E-state index contributed by atoms with van der Waals surface area (Å²) in [5, 5.41) is 6.71. The first-order valence-corrected chi connectivity index (χ1v) is 11.0. The molecule has 4 heterocycles. The zero-order valence-corrected chi connectivity index (χ0v) is 18.9. The van der Waals surface area contributed by atoms with Gasteiger partial charge in [-0.1, -0.05) is 11.6 Å². The molecule has 1 aliphatic rings. The molecule has 0 unspecified atom stereocenters. The van der Waals surface area contributed by atoms with Crippen molar-refractivity contribution in [1.29, 1.82) is 0 Å². The summed E-state index contributed by atoms with van der Waals surface area (Å²) in [5.74, 6) is -0.418. The van der Waals surface area contributed by atoms with Crippen LogP contribution < -0.4 is 10.3 Å². The van der Waals surface area contributed by atoms with Gasteiger partial charge in [-0.05, 0) is 56.4 Å². The normalized spacial score (nSPS) is 15.0. The summed E-state index contributed by atoms with van der Waals surface area (Å²) < 4.78 is 0. The Hall–Kier alpha value is -3.40. The minimum atomic E-state index is -0.476. The summed E-state index contributed by atoms with van der Waals surface area (Å²) in [4.78, 5) is 41.5. The molecule has 0 radical (unpaired) electrons. The molecule has 3 aromatic rings. The second kappa shape index (κ2) is 10.5. The lowest BCUT2D eigenvalue weighted by Crippen LogP contribution is -2.49. The maximum absolute atomic E-state index is 13.7. The maximum Gasteiger partial charge on any atom is 0.277 e. The van der Waals surface area contributed by atoms with Crippen molar-refractivity contribution in [1.82, 2.24) is 24.9 Å². The number of hydrazine groups is 1. The molecule has 9 nitrogen and oxygen atoms in total. The van der Waals surface area contributed by atoms with Crippen LogP contribution in [0.15, 0.2) is 61.2 Å². The summed E-state index contributed by atoms with van der Waals surface area (Å²) in [6.07, 6.45) is 6.99. The van der Waals surface area contributed by atoms with E-state index in [2.05, 4.69) is 32.2 Å². The van der Waals surface area contributed by atoms with Gasteiger partial charge in [0.2, 0.25) is 0 Å². The van der Waals surface area contributed by atoms with Gasteiger partial charge in [0.1, 0.15) is 5.82 Å². The molecule has 170 valence electrons. The number of hydrogen-bond donors (Lipinski definition) is 1. The summed E-state index contributed by atoms with van der Waals surface area (Å²) in [6.45, 7) is 2.99. The highest BCUT2D eigenvalue weighted by Gasteiger charge is 2.30. The van der Waals surface area contributed by atoms with E-state index >= 15 is 0 Å². The smallest absolute Gasteiger partial charge is 0.277 e. The number of nitrogens with one attached hydrogen (secondary N) is 1. The molecule has 1 fully saturated rings. The van der Waals surface area contributed by atoms with Crippen molar-refractivity contribution in [2.45, 2.75) is 6.42 Å². The highest BCUT2D eigenvalue weighted by molar-refractivity contribution is 6.30. The molecule has 4 rings (SSSR count). The molecule has 0 bridgehead atoms. The first-order chi connectivity index (χ1) is 16.0. The minimum Gasteiger partial charge on any atom is -0.305 e. The average molecular weight is 466 g/mol. The summed E-state index contributed by atoms with van der Waals surface area (Å²) in [7, 11) is 2.05. The molecule has 2 amide bonds. The van der Waals surface area contributed by atoms with Gasteiger partial charge >= 0.3 is 0 Å². The Balaban J connectivity index is 1.71. The van der Waals surface area contributed by atoms with Crippen LogP contribution in [-0.4, -0.2) is 69.9 Å². The SMILES string of the molecule is CN1CCCN(N(C(=O)c2cccnc2)c2cccnc2C(=O)Nc2ccc(Cl)cn2)CC1. The fourth-order valence-corrected chi connectivity index (χ4v) is 3.71. The van der Waals surface area contributed by atoms with Gasteiger partial charge in [0, 0.05) is 44.4 Å². The van der Waals surface area contributed by atoms with Crippen molar-refractivity contribution >= 4 is 34.9 Å². The fraction of sp³-hybridized carbons (Fsp3) is 0.261. The molecular weight excluding hydrogens is 442 g/mol. The van der Waals surface area contributed by atoms with E-state index in [-0.39, 0.29) is 11.6 Å². The Kier molecular flexibility index (Phi) is 7.23. The van der Waals surface area contributed by atoms with Crippen molar-refractivity contribution in [2.24, 2.45) is 0 Å². The summed E-state index contributed by atoms with van der Waals surface area (Å²) >= 11 is 5.89. The minimum absolute atomic E-state index is 0.115. The van der Waals surface area contributed by atoms with Crippen LogP contribution in [0.5, 0.6) is 0 Å².